The van der Waals surface area contributed by atoms with Crippen LogP contribution in [0.2, 0.25) is 15.1 Å². The van der Waals surface area contributed by atoms with Crippen LogP contribution in [0.4, 0.5) is 0 Å². The van der Waals surface area contributed by atoms with Crippen LogP contribution in [0.25, 0.3) is 0 Å². The van der Waals surface area contributed by atoms with Gasteiger partial charge in [-0.25, -0.2) is 0 Å². The minimum Gasteiger partial charge on any atom is -0.310 e. The monoisotopic (exact) mass is 347 g/mol. The molecule has 0 aliphatic heterocycles. The minimum atomic E-state index is 0.191. The van der Waals surface area contributed by atoms with E-state index < -0.39 is 0 Å². The Morgan fingerprint density at radius 2 is 1.67 bits per heavy atom. The summed E-state index contributed by atoms with van der Waals surface area (Å²) < 4.78 is 0. The van der Waals surface area contributed by atoms with Gasteiger partial charge in [-0.15, -0.1) is 0 Å². The fraction of sp³-hybridized carbons (Fsp3) is 0.647. The highest BCUT2D eigenvalue weighted by Crippen LogP contribution is 2.36. The van der Waals surface area contributed by atoms with Crippen LogP contribution in [-0.2, 0) is 0 Å². The van der Waals surface area contributed by atoms with Crippen molar-refractivity contribution in [1.29, 1.82) is 0 Å². The Hall–Kier alpha value is 0.0500. The zero-order valence-corrected chi connectivity index (χ0v) is 15.0. The third kappa shape index (κ3) is 4.51. The summed E-state index contributed by atoms with van der Waals surface area (Å²) in [6.07, 6.45) is 6.77. The van der Waals surface area contributed by atoms with Crippen LogP contribution in [0.5, 0.6) is 0 Å². The van der Waals surface area contributed by atoms with E-state index in [1.54, 1.807) is 0 Å². The molecule has 0 radical (unpaired) electrons. The van der Waals surface area contributed by atoms with Gasteiger partial charge in [-0.05, 0) is 49.8 Å². The van der Waals surface area contributed by atoms with Gasteiger partial charge in [0.15, 0.2) is 0 Å². The van der Waals surface area contributed by atoms with E-state index >= 15 is 0 Å². The lowest BCUT2D eigenvalue weighted by atomic mass is 9.81. The summed E-state index contributed by atoms with van der Waals surface area (Å²) in [4.78, 5) is 0. The molecule has 0 spiro atoms. The lowest BCUT2D eigenvalue weighted by molar-refractivity contribution is 0.258. The quantitative estimate of drug-likeness (QED) is 0.598. The first-order chi connectivity index (χ1) is 10.0. The van der Waals surface area contributed by atoms with E-state index in [1.807, 2.05) is 12.1 Å². The van der Waals surface area contributed by atoms with Crippen LogP contribution in [0.3, 0.4) is 0 Å². The second-order valence-corrected chi connectivity index (χ2v) is 7.35. The smallest absolute Gasteiger partial charge is 0.0781 e. The molecule has 1 saturated carbocycles. The van der Waals surface area contributed by atoms with E-state index in [0.29, 0.717) is 15.1 Å². The van der Waals surface area contributed by atoms with Crippen molar-refractivity contribution in [3.63, 3.8) is 0 Å². The molecule has 1 N–H and O–H groups in total. The van der Waals surface area contributed by atoms with E-state index in [2.05, 4.69) is 19.2 Å². The normalized spacial score (nSPS) is 24.0. The molecule has 1 aliphatic carbocycles. The standard InChI is InChI=1S/C17H24Cl3N/c1-3-12-4-6-13(7-5-12)10-21-11(2)14-8-9-15(18)17(20)16(14)19/h8-9,11-13,21H,3-7,10H2,1-2H3. The highest BCUT2D eigenvalue weighted by molar-refractivity contribution is 6.48. The van der Waals surface area contributed by atoms with Crippen molar-refractivity contribution in [3.8, 4) is 0 Å². The molecule has 1 atom stereocenters. The van der Waals surface area contributed by atoms with Gasteiger partial charge in [0, 0.05) is 6.04 Å². The Morgan fingerprint density at radius 1 is 1.05 bits per heavy atom. The Morgan fingerprint density at radius 3 is 2.29 bits per heavy atom. The molecule has 0 heterocycles. The van der Waals surface area contributed by atoms with E-state index in [0.717, 1.165) is 23.9 Å². The van der Waals surface area contributed by atoms with Gasteiger partial charge in [0.1, 0.15) is 0 Å². The third-order valence-electron chi connectivity index (χ3n) is 4.79. The highest BCUT2D eigenvalue weighted by atomic mass is 35.5. The molecule has 1 unspecified atom stereocenters. The number of nitrogens with one attached hydrogen (secondary N) is 1. The fourth-order valence-corrected chi connectivity index (χ4v) is 3.88. The number of benzene rings is 1. The predicted molar refractivity (Wildman–Crippen MR) is 93.6 cm³/mol. The first-order valence-corrected chi connectivity index (χ1v) is 9.03. The average molecular weight is 349 g/mol. The summed E-state index contributed by atoms with van der Waals surface area (Å²) >= 11 is 18.4. The Balaban J connectivity index is 1.88. The summed E-state index contributed by atoms with van der Waals surface area (Å²) in [5.74, 6) is 1.74. The van der Waals surface area contributed by atoms with E-state index in [4.69, 9.17) is 34.8 Å². The molecular formula is C17H24Cl3N. The van der Waals surface area contributed by atoms with Crippen LogP contribution in [0.1, 0.15) is 57.6 Å². The minimum absolute atomic E-state index is 0.191. The van der Waals surface area contributed by atoms with Crippen molar-refractivity contribution in [2.45, 2.75) is 52.0 Å². The maximum Gasteiger partial charge on any atom is 0.0781 e. The maximum atomic E-state index is 6.30. The average Bonchev–Trinajstić information content (AvgIpc) is 2.51. The molecule has 1 nitrogen and oxygen atoms in total. The Labute approximate surface area is 143 Å². The molecular weight excluding hydrogens is 325 g/mol. The Bertz CT molecular complexity index is 467. The molecule has 2 rings (SSSR count). The number of hydrogen-bond acceptors (Lipinski definition) is 1. The van der Waals surface area contributed by atoms with E-state index in [1.165, 1.54) is 32.1 Å². The van der Waals surface area contributed by atoms with E-state index in [9.17, 15) is 0 Å². The molecule has 0 bridgehead atoms. The van der Waals surface area contributed by atoms with Crippen molar-refractivity contribution < 1.29 is 0 Å². The molecule has 1 aliphatic rings. The lowest BCUT2D eigenvalue weighted by Crippen LogP contribution is -2.28. The van der Waals surface area contributed by atoms with Crippen LogP contribution < -0.4 is 5.32 Å². The molecule has 0 amide bonds. The molecule has 0 aromatic heterocycles. The predicted octanol–water partition coefficient (Wildman–Crippen LogP) is 6.51. The third-order valence-corrected chi connectivity index (χ3v) is 6.10. The van der Waals surface area contributed by atoms with Gasteiger partial charge in [-0.3, -0.25) is 0 Å². The van der Waals surface area contributed by atoms with Gasteiger partial charge in [0.25, 0.3) is 0 Å². The van der Waals surface area contributed by atoms with Crippen molar-refractivity contribution in [2.24, 2.45) is 11.8 Å². The molecule has 1 fully saturated rings. The summed E-state index contributed by atoms with van der Waals surface area (Å²) in [7, 11) is 0. The summed E-state index contributed by atoms with van der Waals surface area (Å²) in [6, 6.07) is 3.97. The van der Waals surface area contributed by atoms with Crippen LogP contribution in [0, 0.1) is 11.8 Å². The molecule has 0 saturated heterocycles. The van der Waals surface area contributed by atoms with Crippen molar-refractivity contribution in [1.82, 2.24) is 5.32 Å². The van der Waals surface area contributed by atoms with Crippen molar-refractivity contribution in [3.05, 3.63) is 32.8 Å². The summed E-state index contributed by atoms with van der Waals surface area (Å²) in [5, 5.41) is 5.13. The Kier molecular flexibility index (Phi) is 6.68. The zero-order chi connectivity index (χ0) is 15.4. The van der Waals surface area contributed by atoms with Gasteiger partial charge in [-0.2, -0.15) is 0 Å². The number of hydrogen-bond donors (Lipinski definition) is 1. The molecule has 4 heteroatoms. The van der Waals surface area contributed by atoms with Gasteiger partial charge in [0.05, 0.1) is 15.1 Å². The van der Waals surface area contributed by atoms with Crippen LogP contribution in [0.15, 0.2) is 12.1 Å². The maximum absolute atomic E-state index is 6.30. The van der Waals surface area contributed by atoms with Gasteiger partial charge in [-0.1, -0.05) is 67.1 Å². The first-order valence-electron chi connectivity index (χ1n) is 7.89. The molecule has 1 aromatic rings. The van der Waals surface area contributed by atoms with Crippen molar-refractivity contribution in [2.75, 3.05) is 6.54 Å². The molecule has 21 heavy (non-hydrogen) atoms. The van der Waals surface area contributed by atoms with Gasteiger partial charge in [0.2, 0.25) is 0 Å². The molecule has 1 aromatic carbocycles. The summed E-state index contributed by atoms with van der Waals surface area (Å²) in [6.45, 7) is 5.48. The van der Waals surface area contributed by atoms with Crippen molar-refractivity contribution >= 4 is 34.8 Å². The second-order valence-electron chi connectivity index (χ2n) is 6.19. The highest BCUT2D eigenvalue weighted by Gasteiger charge is 2.21. The fourth-order valence-electron chi connectivity index (χ4n) is 3.17. The zero-order valence-electron chi connectivity index (χ0n) is 12.8. The lowest BCUT2D eigenvalue weighted by Gasteiger charge is -2.29. The number of halogens is 3. The SMILES string of the molecule is CCC1CCC(CNC(C)c2ccc(Cl)c(Cl)c2Cl)CC1. The van der Waals surface area contributed by atoms with Gasteiger partial charge < -0.3 is 5.32 Å². The van der Waals surface area contributed by atoms with Crippen LogP contribution in [-0.4, -0.2) is 6.54 Å². The van der Waals surface area contributed by atoms with Gasteiger partial charge >= 0.3 is 0 Å². The summed E-state index contributed by atoms with van der Waals surface area (Å²) in [5.41, 5.74) is 1.02. The first kappa shape index (κ1) is 17.4. The van der Waals surface area contributed by atoms with Crippen LogP contribution >= 0.6 is 34.8 Å². The topological polar surface area (TPSA) is 12.0 Å². The largest absolute Gasteiger partial charge is 0.310 e. The second kappa shape index (κ2) is 8.06. The number of rotatable bonds is 5. The molecule has 118 valence electrons. The van der Waals surface area contributed by atoms with E-state index in [-0.39, 0.29) is 6.04 Å².